The van der Waals surface area contributed by atoms with Gasteiger partial charge in [-0.3, -0.25) is 4.79 Å². The van der Waals surface area contributed by atoms with Crippen LogP contribution in [0.25, 0.3) is 0 Å². The first-order valence-electron chi connectivity index (χ1n) is 8.13. The van der Waals surface area contributed by atoms with Crippen molar-refractivity contribution in [1.82, 2.24) is 19.3 Å². The summed E-state index contributed by atoms with van der Waals surface area (Å²) < 4.78 is 38.5. The average Bonchev–Trinajstić information content (AvgIpc) is 3.01. The number of carbonyl (C=O) groups excluding carboxylic acids is 1. The Morgan fingerprint density at radius 1 is 1.44 bits per heavy atom. The fourth-order valence-electron chi connectivity index (χ4n) is 2.48. The fourth-order valence-corrected chi connectivity index (χ4v) is 5.53. The van der Waals surface area contributed by atoms with Gasteiger partial charge in [-0.15, -0.1) is 0 Å². The van der Waals surface area contributed by atoms with Crippen LogP contribution in [0.4, 0.5) is 5.13 Å². The quantitative estimate of drug-likeness (QED) is 0.733. The summed E-state index contributed by atoms with van der Waals surface area (Å²) in [6, 6.07) is 1.88. The molecule has 0 aromatic carbocycles. The molecule has 2 aromatic rings. The highest BCUT2D eigenvalue weighted by Crippen LogP contribution is 2.30. The lowest BCUT2D eigenvalue weighted by atomic mass is 10.3. The van der Waals surface area contributed by atoms with Crippen molar-refractivity contribution in [3.63, 3.8) is 0 Å². The molecule has 10 nitrogen and oxygen atoms in total. The average molecular weight is 413 g/mol. The van der Waals surface area contributed by atoms with E-state index in [9.17, 15) is 13.2 Å². The third-order valence-electron chi connectivity index (χ3n) is 3.65. The Balaban J connectivity index is 1.69. The Morgan fingerprint density at radius 3 is 2.89 bits per heavy atom. The van der Waals surface area contributed by atoms with Gasteiger partial charge in [-0.25, -0.2) is 23.4 Å². The van der Waals surface area contributed by atoms with Gasteiger partial charge in [0, 0.05) is 32.4 Å². The molecule has 0 radical (unpaired) electrons. The van der Waals surface area contributed by atoms with E-state index in [1.54, 1.807) is 25.4 Å². The summed E-state index contributed by atoms with van der Waals surface area (Å²) in [5.74, 6) is -0.306. The van der Waals surface area contributed by atoms with Crippen LogP contribution in [0.3, 0.4) is 0 Å². The number of anilines is 1. The van der Waals surface area contributed by atoms with Crippen LogP contribution in [0.2, 0.25) is 0 Å². The Morgan fingerprint density at radius 2 is 2.19 bits per heavy atom. The predicted octanol–water partition coefficient (Wildman–Crippen LogP) is 0.668. The number of amides is 1. The van der Waals surface area contributed by atoms with E-state index in [4.69, 9.17) is 9.47 Å². The second kappa shape index (κ2) is 8.25. The van der Waals surface area contributed by atoms with E-state index in [2.05, 4.69) is 20.3 Å². The molecule has 1 saturated heterocycles. The molecule has 146 valence electrons. The van der Waals surface area contributed by atoms with Crippen LogP contribution in [0.1, 0.15) is 12.6 Å². The number of nitrogens with zero attached hydrogens (tertiary/aromatic N) is 4. The molecule has 1 unspecified atom stereocenters. The number of hydrogen-bond donors (Lipinski definition) is 1. The number of sulfonamides is 1. The van der Waals surface area contributed by atoms with E-state index in [0.29, 0.717) is 5.69 Å². The van der Waals surface area contributed by atoms with E-state index in [-0.39, 0.29) is 47.6 Å². The number of thiazole rings is 1. The topological polar surface area (TPSA) is 124 Å². The molecule has 1 aliphatic heterocycles. The molecular weight excluding hydrogens is 394 g/mol. The maximum Gasteiger partial charge on any atom is 0.316 e. The molecule has 1 N–H and O–H groups in total. The SMILES string of the molecule is CC(=O)Nc1nc(C)c(S(=O)(=O)N2CCOC(COc3ncccn3)C2)s1. The van der Waals surface area contributed by atoms with Crippen LogP contribution in [-0.2, 0) is 19.6 Å². The minimum Gasteiger partial charge on any atom is -0.461 e. The number of ether oxygens (including phenoxy) is 2. The first-order valence-corrected chi connectivity index (χ1v) is 10.4. The second-order valence-electron chi connectivity index (χ2n) is 5.77. The highest BCUT2D eigenvalue weighted by molar-refractivity contribution is 7.91. The van der Waals surface area contributed by atoms with Crippen molar-refractivity contribution in [3.8, 4) is 6.01 Å². The van der Waals surface area contributed by atoms with Crippen LogP contribution >= 0.6 is 11.3 Å². The molecule has 1 fully saturated rings. The lowest BCUT2D eigenvalue weighted by Crippen LogP contribution is -2.47. The van der Waals surface area contributed by atoms with E-state index in [1.165, 1.54) is 11.2 Å². The van der Waals surface area contributed by atoms with Crippen LogP contribution in [0.15, 0.2) is 22.7 Å². The number of carbonyl (C=O) groups is 1. The fraction of sp³-hybridized carbons (Fsp3) is 0.467. The summed E-state index contributed by atoms with van der Waals surface area (Å²) in [7, 11) is -3.75. The third kappa shape index (κ3) is 4.77. The summed E-state index contributed by atoms with van der Waals surface area (Å²) in [6.07, 6.45) is 2.67. The number of rotatable bonds is 6. The third-order valence-corrected chi connectivity index (χ3v) is 7.18. The summed E-state index contributed by atoms with van der Waals surface area (Å²) in [4.78, 5) is 23.2. The van der Waals surface area contributed by atoms with Gasteiger partial charge in [-0.05, 0) is 13.0 Å². The Kier molecular flexibility index (Phi) is 5.99. The molecule has 2 aromatic heterocycles. The maximum atomic E-state index is 13.0. The van der Waals surface area contributed by atoms with Crippen molar-refractivity contribution in [1.29, 1.82) is 0 Å². The number of nitrogens with one attached hydrogen (secondary N) is 1. The molecule has 1 atom stereocenters. The molecule has 0 aliphatic carbocycles. The number of morpholine rings is 1. The van der Waals surface area contributed by atoms with Crippen LogP contribution < -0.4 is 10.1 Å². The Hall–Kier alpha value is -2.15. The van der Waals surface area contributed by atoms with Gasteiger partial charge >= 0.3 is 6.01 Å². The standard InChI is InChI=1S/C15H19N5O5S2/c1-10-13(26-15(18-10)19-11(2)21)27(22,23)20-6-7-24-12(8-20)9-25-14-16-4-3-5-17-14/h3-5,12H,6-9H2,1-2H3,(H,18,19,21). The first-order chi connectivity index (χ1) is 12.9. The van der Waals surface area contributed by atoms with Gasteiger partial charge < -0.3 is 14.8 Å². The van der Waals surface area contributed by atoms with Gasteiger partial charge in [0.05, 0.1) is 12.3 Å². The van der Waals surface area contributed by atoms with Gasteiger partial charge in [0.1, 0.15) is 12.7 Å². The molecule has 1 aliphatic rings. The molecule has 3 rings (SSSR count). The van der Waals surface area contributed by atoms with Gasteiger partial charge in [0.25, 0.3) is 10.0 Å². The molecule has 27 heavy (non-hydrogen) atoms. The normalized spacial score (nSPS) is 18.2. The molecule has 0 bridgehead atoms. The monoisotopic (exact) mass is 413 g/mol. The van der Waals surface area contributed by atoms with E-state index < -0.39 is 16.1 Å². The van der Waals surface area contributed by atoms with Crippen molar-refractivity contribution in [2.75, 3.05) is 31.6 Å². The molecular formula is C15H19N5O5S2. The van der Waals surface area contributed by atoms with Gasteiger partial charge in [0.2, 0.25) is 5.91 Å². The highest BCUT2D eigenvalue weighted by Gasteiger charge is 2.34. The molecule has 12 heteroatoms. The largest absolute Gasteiger partial charge is 0.461 e. The zero-order valence-corrected chi connectivity index (χ0v) is 16.4. The van der Waals surface area contributed by atoms with Gasteiger partial charge in [-0.1, -0.05) is 11.3 Å². The zero-order valence-electron chi connectivity index (χ0n) is 14.8. The predicted molar refractivity (Wildman–Crippen MR) is 97.2 cm³/mol. The van der Waals surface area contributed by atoms with Crippen molar-refractivity contribution in [2.24, 2.45) is 0 Å². The number of aryl methyl sites for hydroxylation is 1. The van der Waals surface area contributed by atoms with Crippen molar-refractivity contribution >= 4 is 32.4 Å². The van der Waals surface area contributed by atoms with Crippen LogP contribution in [0, 0.1) is 6.92 Å². The van der Waals surface area contributed by atoms with E-state index in [0.717, 1.165) is 11.3 Å². The highest BCUT2D eigenvalue weighted by atomic mass is 32.2. The molecule has 1 amide bonds. The summed E-state index contributed by atoms with van der Waals surface area (Å²) in [5, 5.41) is 2.77. The smallest absolute Gasteiger partial charge is 0.316 e. The lowest BCUT2D eigenvalue weighted by molar-refractivity contribution is -0.114. The van der Waals surface area contributed by atoms with Gasteiger partial charge in [0.15, 0.2) is 9.34 Å². The Labute approximate surface area is 160 Å². The van der Waals surface area contributed by atoms with Gasteiger partial charge in [-0.2, -0.15) is 4.31 Å². The number of hydrogen-bond acceptors (Lipinski definition) is 9. The zero-order chi connectivity index (χ0) is 19.4. The second-order valence-corrected chi connectivity index (χ2v) is 8.90. The van der Waals surface area contributed by atoms with Crippen molar-refractivity contribution < 1.29 is 22.7 Å². The summed E-state index contributed by atoms with van der Waals surface area (Å²) >= 11 is 0.935. The van der Waals surface area contributed by atoms with E-state index >= 15 is 0 Å². The van der Waals surface area contributed by atoms with Crippen molar-refractivity contribution in [2.45, 2.75) is 24.2 Å². The summed E-state index contributed by atoms with van der Waals surface area (Å²) in [6.45, 7) is 3.69. The lowest BCUT2D eigenvalue weighted by Gasteiger charge is -2.31. The minimum atomic E-state index is -3.75. The molecule has 0 saturated carbocycles. The summed E-state index contributed by atoms with van der Waals surface area (Å²) in [5.41, 5.74) is 0.348. The van der Waals surface area contributed by atoms with E-state index in [1.807, 2.05) is 0 Å². The van der Waals surface area contributed by atoms with Crippen LogP contribution in [0.5, 0.6) is 6.01 Å². The van der Waals surface area contributed by atoms with Crippen LogP contribution in [-0.4, -0.2) is 66.0 Å². The Bertz CT molecular complexity index is 903. The minimum absolute atomic E-state index is 0.110. The maximum absolute atomic E-state index is 13.0. The number of aromatic nitrogens is 3. The van der Waals surface area contributed by atoms with Crippen molar-refractivity contribution in [3.05, 3.63) is 24.2 Å². The first kappa shape index (κ1) is 19.6. The molecule has 0 spiro atoms. The molecule has 3 heterocycles.